The first-order chi connectivity index (χ1) is 5.61. The second-order valence-corrected chi connectivity index (χ2v) is 2.64. The molecule has 0 bridgehead atoms. The van der Waals surface area contributed by atoms with Gasteiger partial charge in [0.1, 0.15) is 0 Å². The zero-order valence-corrected chi connectivity index (χ0v) is 7.45. The zero-order valence-electron chi connectivity index (χ0n) is 7.45. The third-order valence-corrected chi connectivity index (χ3v) is 1.54. The van der Waals surface area contributed by atoms with Gasteiger partial charge in [0.15, 0.2) is 0 Å². The highest BCUT2D eigenvalue weighted by Gasteiger charge is 2.09. The largest absolute Gasteiger partial charge is 0.404 e. The van der Waals surface area contributed by atoms with Gasteiger partial charge >= 0.3 is 0 Å². The Morgan fingerprint density at radius 2 is 2.25 bits per heavy atom. The highest BCUT2D eigenvalue weighted by atomic mass is 16.1. The number of nitrogens with two attached hydrogens (primary N) is 2. The van der Waals surface area contributed by atoms with Gasteiger partial charge in [-0.1, -0.05) is 6.92 Å². The van der Waals surface area contributed by atoms with Crippen molar-refractivity contribution in [1.82, 2.24) is 0 Å². The van der Waals surface area contributed by atoms with E-state index in [0.717, 1.165) is 5.57 Å². The molecule has 0 saturated carbocycles. The van der Waals surface area contributed by atoms with Gasteiger partial charge in [-0.05, 0) is 18.2 Å². The van der Waals surface area contributed by atoms with E-state index in [1.165, 1.54) is 6.20 Å². The van der Waals surface area contributed by atoms with Gasteiger partial charge in [0.25, 0.3) is 0 Å². The summed E-state index contributed by atoms with van der Waals surface area (Å²) in [5.41, 5.74) is 11.2. The maximum Gasteiger partial charge on any atom is 0.220 e. The summed E-state index contributed by atoms with van der Waals surface area (Å²) in [5.74, 6) is -0.517. The first kappa shape index (κ1) is 10.7. The molecule has 0 aliphatic carbocycles. The van der Waals surface area contributed by atoms with E-state index in [2.05, 4.69) is 4.99 Å². The molecule has 0 spiro atoms. The summed E-state index contributed by atoms with van der Waals surface area (Å²) in [4.78, 5) is 14.5. The monoisotopic (exact) mass is 169 g/mol. The number of aliphatic imine (C=N–C) groups is 1. The third kappa shape index (κ3) is 3.75. The molecule has 0 aliphatic rings. The fraction of sp³-hybridized carbons (Fsp3) is 0.500. The number of rotatable bonds is 4. The van der Waals surface area contributed by atoms with E-state index in [0.29, 0.717) is 6.42 Å². The van der Waals surface area contributed by atoms with Crippen LogP contribution in [0.15, 0.2) is 16.8 Å². The second-order valence-electron chi connectivity index (χ2n) is 2.64. The third-order valence-electron chi connectivity index (χ3n) is 1.54. The lowest BCUT2D eigenvalue weighted by Gasteiger charge is -2.05. The van der Waals surface area contributed by atoms with Crippen LogP contribution in [0.1, 0.15) is 13.3 Å². The van der Waals surface area contributed by atoms with Crippen LogP contribution >= 0.6 is 0 Å². The van der Waals surface area contributed by atoms with Gasteiger partial charge in [-0.3, -0.25) is 9.79 Å². The minimum absolute atomic E-state index is 0.196. The Labute approximate surface area is 72.3 Å². The van der Waals surface area contributed by atoms with Gasteiger partial charge in [-0.2, -0.15) is 0 Å². The van der Waals surface area contributed by atoms with Crippen molar-refractivity contribution >= 4 is 12.1 Å². The average Bonchev–Trinajstić information content (AvgIpc) is 2.03. The summed E-state index contributed by atoms with van der Waals surface area (Å²) in [6, 6.07) is 0. The van der Waals surface area contributed by atoms with Crippen molar-refractivity contribution in [3.8, 4) is 0 Å². The molecule has 0 rings (SSSR count). The number of amides is 1. The Kier molecular flexibility index (Phi) is 4.76. The topological polar surface area (TPSA) is 81.5 Å². The number of allylic oxidation sites excluding steroid dienone is 1. The van der Waals surface area contributed by atoms with Crippen molar-refractivity contribution in [2.75, 3.05) is 7.05 Å². The molecule has 0 aromatic heterocycles. The van der Waals surface area contributed by atoms with Gasteiger partial charge < -0.3 is 11.5 Å². The van der Waals surface area contributed by atoms with E-state index in [1.807, 2.05) is 0 Å². The van der Waals surface area contributed by atoms with Crippen molar-refractivity contribution < 1.29 is 4.79 Å². The predicted molar refractivity (Wildman–Crippen MR) is 49.7 cm³/mol. The van der Waals surface area contributed by atoms with E-state index in [-0.39, 0.29) is 11.8 Å². The van der Waals surface area contributed by atoms with Gasteiger partial charge in [0.2, 0.25) is 5.91 Å². The molecule has 0 heterocycles. The lowest BCUT2D eigenvalue weighted by molar-refractivity contribution is -0.121. The zero-order chi connectivity index (χ0) is 9.56. The molecule has 68 valence electrons. The average molecular weight is 169 g/mol. The molecule has 1 atom stereocenters. The van der Waals surface area contributed by atoms with E-state index in [4.69, 9.17) is 11.5 Å². The number of carbonyl (C=O) groups excluding carboxylic acids is 1. The van der Waals surface area contributed by atoms with Crippen LogP contribution in [-0.4, -0.2) is 19.2 Å². The summed E-state index contributed by atoms with van der Waals surface area (Å²) in [6.45, 7) is 1.76. The maximum atomic E-state index is 10.7. The van der Waals surface area contributed by atoms with Gasteiger partial charge in [-0.25, -0.2) is 0 Å². The molecule has 4 nitrogen and oxygen atoms in total. The van der Waals surface area contributed by atoms with Crippen LogP contribution in [0.2, 0.25) is 0 Å². The van der Waals surface area contributed by atoms with Crippen molar-refractivity contribution in [3.05, 3.63) is 11.8 Å². The molecule has 1 unspecified atom stereocenters. The van der Waals surface area contributed by atoms with E-state index >= 15 is 0 Å². The second kappa shape index (κ2) is 5.35. The molecule has 0 aliphatic heterocycles. The number of hydrogen-bond acceptors (Lipinski definition) is 3. The van der Waals surface area contributed by atoms with Crippen LogP contribution in [0.3, 0.4) is 0 Å². The first-order valence-corrected chi connectivity index (χ1v) is 3.74. The van der Waals surface area contributed by atoms with E-state index in [9.17, 15) is 4.79 Å². The van der Waals surface area contributed by atoms with Gasteiger partial charge in [0.05, 0.1) is 0 Å². The van der Waals surface area contributed by atoms with Crippen LogP contribution in [-0.2, 0) is 4.79 Å². The minimum Gasteiger partial charge on any atom is -0.404 e. The Hall–Kier alpha value is -1.32. The number of carbonyl (C=O) groups is 1. The van der Waals surface area contributed by atoms with Crippen LogP contribution in [0.4, 0.5) is 0 Å². The van der Waals surface area contributed by atoms with Crippen molar-refractivity contribution in [2.24, 2.45) is 22.4 Å². The molecular weight excluding hydrogens is 154 g/mol. The summed E-state index contributed by atoms with van der Waals surface area (Å²) in [5, 5.41) is 0. The van der Waals surface area contributed by atoms with E-state index in [1.54, 1.807) is 20.2 Å². The molecule has 4 N–H and O–H groups in total. The number of primary amides is 1. The Morgan fingerprint density at radius 3 is 2.58 bits per heavy atom. The molecule has 1 amide bonds. The quantitative estimate of drug-likeness (QED) is 0.582. The number of hydrogen-bond donors (Lipinski definition) is 2. The maximum absolute atomic E-state index is 10.7. The van der Waals surface area contributed by atoms with Crippen molar-refractivity contribution in [3.63, 3.8) is 0 Å². The summed E-state index contributed by atoms with van der Waals surface area (Å²) < 4.78 is 0. The lowest BCUT2D eigenvalue weighted by atomic mass is 10.0. The summed E-state index contributed by atoms with van der Waals surface area (Å²) in [6.07, 6.45) is 3.61. The molecular formula is C8H15N3O. The first-order valence-electron chi connectivity index (χ1n) is 3.74. The van der Waals surface area contributed by atoms with Crippen LogP contribution in [0, 0.1) is 5.92 Å². The molecule has 0 fully saturated rings. The molecule has 0 aromatic carbocycles. The Morgan fingerprint density at radius 1 is 1.67 bits per heavy atom. The normalized spacial score (nSPS) is 15.0. The smallest absolute Gasteiger partial charge is 0.220 e. The predicted octanol–water partition coefficient (Wildman–Crippen LogP) is 0.0411. The standard InChI is InChI=1S/C8H15N3O/c1-6(8(10)12)3-7(4-9)5-11-2/h4-6H,3,9H2,1-2H3,(H2,10,12)/b7-4-,11-5?. The van der Waals surface area contributed by atoms with Crippen LogP contribution in [0.5, 0.6) is 0 Å². The SMILES string of the molecule is CN=C/C(=C\N)CC(C)C(N)=O. The molecule has 0 radical (unpaired) electrons. The summed E-state index contributed by atoms with van der Waals surface area (Å²) in [7, 11) is 1.65. The highest BCUT2D eigenvalue weighted by molar-refractivity contribution is 5.82. The lowest BCUT2D eigenvalue weighted by Crippen LogP contribution is -2.21. The van der Waals surface area contributed by atoms with Gasteiger partial charge in [0, 0.05) is 19.2 Å². The van der Waals surface area contributed by atoms with Crippen LogP contribution in [0.25, 0.3) is 0 Å². The van der Waals surface area contributed by atoms with Gasteiger partial charge in [-0.15, -0.1) is 0 Å². The fourth-order valence-electron chi connectivity index (χ4n) is 0.784. The molecule has 0 aromatic rings. The summed E-state index contributed by atoms with van der Waals surface area (Å²) >= 11 is 0. The molecule has 4 heteroatoms. The highest BCUT2D eigenvalue weighted by Crippen LogP contribution is 2.07. The fourth-order valence-corrected chi connectivity index (χ4v) is 0.784. The van der Waals surface area contributed by atoms with Crippen molar-refractivity contribution in [2.45, 2.75) is 13.3 Å². The Bertz CT molecular complexity index is 208. The van der Waals surface area contributed by atoms with Crippen molar-refractivity contribution in [1.29, 1.82) is 0 Å². The van der Waals surface area contributed by atoms with E-state index < -0.39 is 0 Å². The number of nitrogens with zero attached hydrogens (tertiary/aromatic N) is 1. The minimum atomic E-state index is -0.321. The Balaban J connectivity index is 4.13. The molecule has 12 heavy (non-hydrogen) atoms. The molecule has 0 saturated heterocycles. The van der Waals surface area contributed by atoms with Crippen LogP contribution < -0.4 is 11.5 Å².